The molecular formula is C20H18FNO3S2. The van der Waals surface area contributed by atoms with E-state index in [4.69, 9.17) is 21.7 Å². The fourth-order valence-corrected chi connectivity index (χ4v) is 3.91. The fraction of sp³-hybridized carbons (Fsp3) is 0.200. The highest BCUT2D eigenvalue weighted by Gasteiger charge is 2.33. The van der Waals surface area contributed by atoms with Gasteiger partial charge in [-0.2, -0.15) is 0 Å². The molecule has 1 saturated heterocycles. The summed E-state index contributed by atoms with van der Waals surface area (Å²) in [7, 11) is 0. The number of anilines is 1. The second kappa shape index (κ2) is 8.54. The summed E-state index contributed by atoms with van der Waals surface area (Å²) in [6.45, 7) is 4.84. The standard InChI is InChI=1S/C20H18FNO3S2/c1-3-24-16-9-8-13(17(12-16)25-4-2)10-18-19(23)22(20(26)27-18)15-7-5-6-14(21)11-15/h5-12H,3-4H2,1-2H3/b18-10-. The maximum atomic E-state index is 13.5. The highest BCUT2D eigenvalue weighted by Crippen LogP contribution is 2.37. The maximum Gasteiger partial charge on any atom is 0.270 e. The monoisotopic (exact) mass is 403 g/mol. The van der Waals surface area contributed by atoms with Gasteiger partial charge in [0.1, 0.15) is 17.3 Å². The van der Waals surface area contributed by atoms with Crippen LogP contribution < -0.4 is 14.4 Å². The van der Waals surface area contributed by atoms with Crippen molar-refractivity contribution in [3.05, 3.63) is 58.8 Å². The molecule has 4 nitrogen and oxygen atoms in total. The molecular weight excluding hydrogens is 385 g/mol. The Morgan fingerprint density at radius 3 is 2.63 bits per heavy atom. The van der Waals surface area contributed by atoms with Gasteiger partial charge in [0, 0.05) is 11.6 Å². The number of thiocarbonyl (C=S) groups is 1. The van der Waals surface area contributed by atoms with Gasteiger partial charge < -0.3 is 9.47 Å². The zero-order valence-corrected chi connectivity index (χ0v) is 16.5. The van der Waals surface area contributed by atoms with Crippen LogP contribution in [0.15, 0.2) is 47.4 Å². The summed E-state index contributed by atoms with van der Waals surface area (Å²) in [6.07, 6.45) is 1.74. The summed E-state index contributed by atoms with van der Waals surface area (Å²) in [5, 5.41) is 0. The van der Waals surface area contributed by atoms with E-state index in [1.165, 1.54) is 28.8 Å². The van der Waals surface area contributed by atoms with E-state index in [1.807, 2.05) is 26.0 Å². The number of hydrogen-bond donors (Lipinski definition) is 0. The third kappa shape index (κ3) is 4.31. The second-order valence-corrected chi connectivity index (χ2v) is 7.24. The van der Waals surface area contributed by atoms with Crippen molar-refractivity contribution in [2.75, 3.05) is 18.1 Å². The molecule has 1 fully saturated rings. The molecule has 1 heterocycles. The molecule has 0 N–H and O–H groups in total. The first-order chi connectivity index (χ1) is 13.0. The number of benzene rings is 2. The lowest BCUT2D eigenvalue weighted by molar-refractivity contribution is -0.113. The molecule has 0 unspecified atom stereocenters. The Morgan fingerprint density at radius 2 is 1.93 bits per heavy atom. The molecule has 0 atom stereocenters. The van der Waals surface area contributed by atoms with Crippen molar-refractivity contribution in [1.29, 1.82) is 0 Å². The van der Waals surface area contributed by atoms with E-state index in [1.54, 1.807) is 24.3 Å². The molecule has 27 heavy (non-hydrogen) atoms. The van der Waals surface area contributed by atoms with Gasteiger partial charge in [0.15, 0.2) is 4.32 Å². The van der Waals surface area contributed by atoms with E-state index in [2.05, 4.69) is 0 Å². The van der Waals surface area contributed by atoms with Gasteiger partial charge in [-0.1, -0.05) is 30.0 Å². The minimum absolute atomic E-state index is 0.285. The Kier molecular flexibility index (Phi) is 6.13. The van der Waals surface area contributed by atoms with Crippen molar-refractivity contribution in [2.45, 2.75) is 13.8 Å². The van der Waals surface area contributed by atoms with Crippen LogP contribution >= 0.6 is 24.0 Å². The smallest absolute Gasteiger partial charge is 0.270 e. The number of carbonyl (C=O) groups excluding carboxylic acids is 1. The van der Waals surface area contributed by atoms with Gasteiger partial charge in [0.25, 0.3) is 5.91 Å². The van der Waals surface area contributed by atoms with Crippen molar-refractivity contribution in [3.63, 3.8) is 0 Å². The van der Waals surface area contributed by atoms with Gasteiger partial charge in [-0.25, -0.2) is 4.39 Å². The first-order valence-electron chi connectivity index (χ1n) is 8.46. The molecule has 0 radical (unpaired) electrons. The number of nitrogens with zero attached hydrogens (tertiary/aromatic N) is 1. The molecule has 2 aromatic rings. The zero-order valence-electron chi connectivity index (χ0n) is 14.9. The average Bonchev–Trinajstić information content (AvgIpc) is 2.91. The van der Waals surface area contributed by atoms with Crippen molar-refractivity contribution in [3.8, 4) is 11.5 Å². The molecule has 3 rings (SSSR count). The SMILES string of the molecule is CCOc1ccc(/C=C2\SC(=S)N(c3cccc(F)c3)C2=O)c(OCC)c1. The topological polar surface area (TPSA) is 38.8 Å². The van der Waals surface area contributed by atoms with Crippen molar-refractivity contribution < 1.29 is 18.7 Å². The third-order valence-corrected chi connectivity index (χ3v) is 5.04. The van der Waals surface area contributed by atoms with E-state index in [0.717, 1.165) is 5.56 Å². The summed E-state index contributed by atoms with van der Waals surface area (Å²) < 4.78 is 25.1. The minimum Gasteiger partial charge on any atom is -0.494 e. The molecule has 1 aliphatic heterocycles. The van der Waals surface area contributed by atoms with Gasteiger partial charge in [0.05, 0.1) is 23.8 Å². The van der Waals surface area contributed by atoms with Crippen LogP contribution in [0.1, 0.15) is 19.4 Å². The number of halogens is 1. The Hall–Kier alpha value is -2.38. The van der Waals surface area contributed by atoms with Gasteiger partial charge in [0.2, 0.25) is 0 Å². The van der Waals surface area contributed by atoms with Crippen LogP contribution in [0.25, 0.3) is 6.08 Å². The molecule has 0 aliphatic carbocycles. The Balaban J connectivity index is 1.93. The number of rotatable bonds is 6. The molecule has 0 spiro atoms. The van der Waals surface area contributed by atoms with Crippen LogP contribution in [0.3, 0.4) is 0 Å². The number of ether oxygens (including phenoxy) is 2. The van der Waals surface area contributed by atoms with E-state index < -0.39 is 5.82 Å². The first-order valence-corrected chi connectivity index (χ1v) is 9.69. The summed E-state index contributed by atoms with van der Waals surface area (Å²) >= 11 is 6.51. The first kappa shape index (κ1) is 19.4. The molecule has 2 aromatic carbocycles. The number of thioether (sulfide) groups is 1. The van der Waals surface area contributed by atoms with Crippen molar-refractivity contribution in [1.82, 2.24) is 0 Å². The minimum atomic E-state index is -0.421. The van der Waals surface area contributed by atoms with Crippen molar-refractivity contribution in [2.24, 2.45) is 0 Å². The number of amides is 1. The van der Waals surface area contributed by atoms with Gasteiger partial charge in [-0.3, -0.25) is 9.69 Å². The van der Waals surface area contributed by atoms with Crippen molar-refractivity contribution >= 4 is 46.0 Å². The lowest BCUT2D eigenvalue weighted by Crippen LogP contribution is -2.27. The van der Waals surface area contributed by atoms with Gasteiger partial charge in [-0.05, 0) is 50.3 Å². The molecule has 1 aliphatic rings. The molecule has 1 amide bonds. The normalized spacial score (nSPS) is 15.5. The maximum absolute atomic E-state index is 13.5. The average molecular weight is 404 g/mol. The van der Waals surface area contributed by atoms with E-state index >= 15 is 0 Å². The Morgan fingerprint density at radius 1 is 1.15 bits per heavy atom. The zero-order chi connectivity index (χ0) is 19.4. The molecule has 0 aromatic heterocycles. The van der Waals surface area contributed by atoms with Crippen LogP contribution in [-0.2, 0) is 4.79 Å². The van der Waals surface area contributed by atoms with E-state index in [0.29, 0.717) is 39.6 Å². The Labute approximate surface area is 167 Å². The van der Waals surface area contributed by atoms with Crippen LogP contribution in [0, 0.1) is 5.82 Å². The fourth-order valence-electron chi connectivity index (χ4n) is 2.62. The largest absolute Gasteiger partial charge is 0.494 e. The van der Waals surface area contributed by atoms with Gasteiger partial charge >= 0.3 is 0 Å². The predicted molar refractivity (Wildman–Crippen MR) is 111 cm³/mol. The van der Waals surface area contributed by atoms with E-state index in [9.17, 15) is 9.18 Å². The Bertz CT molecular complexity index is 914. The molecule has 0 saturated carbocycles. The quantitative estimate of drug-likeness (QED) is 0.500. The third-order valence-electron chi connectivity index (χ3n) is 3.74. The molecule has 140 valence electrons. The summed E-state index contributed by atoms with van der Waals surface area (Å²) in [5.41, 5.74) is 1.16. The van der Waals surface area contributed by atoms with Gasteiger partial charge in [-0.15, -0.1) is 0 Å². The van der Waals surface area contributed by atoms with Crippen LogP contribution in [0.5, 0.6) is 11.5 Å². The number of carbonyl (C=O) groups is 1. The predicted octanol–water partition coefficient (Wildman–Crippen LogP) is 5.03. The highest BCUT2D eigenvalue weighted by atomic mass is 32.2. The summed E-state index contributed by atoms with van der Waals surface area (Å²) in [5.74, 6) is 0.618. The van der Waals surface area contributed by atoms with Crippen LogP contribution in [0.4, 0.5) is 10.1 Å². The van der Waals surface area contributed by atoms with Crippen LogP contribution in [0.2, 0.25) is 0 Å². The molecule has 0 bridgehead atoms. The summed E-state index contributed by atoms with van der Waals surface area (Å²) in [6, 6.07) is 11.3. The van der Waals surface area contributed by atoms with Crippen LogP contribution in [-0.4, -0.2) is 23.4 Å². The lowest BCUT2D eigenvalue weighted by Gasteiger charge is -2.14. The highest BCUT2D eigenvalue weighted by molar-refractivity contribution is 8.27. The van der Waals surface area contributed by atoms with E-state index in [-0.39, 0.29) is 5.91 Å². The number of hydrogen-bond acceptors (Lipinski definition) is 5. The second-order valence-electron chi connectivity index (χ2n) is 5.56. The summed E-state index contributed by atoms with van der Waals surface area (Å²) in [4.78, 5) is 14.6. The molecule has 7 heteroatoms. The lowest BCUT2D eigenvalue weighted by atomic mass is 10.1.